The number of aromatic amines is 1. The lowest BCUT2D eigenvalue weighted by atomic mass is 9.92. The molecule has 46 heavy (non-hydrogen) atoms. The van der Waals surface area contributed by atoms with E-state index in [1.807, 2.05) is 77.6 Å². The number of hydrogen-bond acceptors (Lipinski definition) is 7. The number of amides is 1. The Morgan fingerprint density at radius 1 is 1.00 bits per heavy atom. The van der Waals surface area contributed by atoms with Crippen LogP contribution < -0.4 is 9.08 Å². The van der Waals surface area contributed by atoms with Crippen molar-refractivity contribution in [1.29, 1.82) is 0 Å². The van der Waals surface area contributed by atoms with Crippen molar-refractivity contribution in [1.82, 2.24) is 19.5 Å². The number of rotatable bonds is 10. The Bertz CT molecular complexity index is 2250. The van der Waals surface area contributed by atoms with E-state index in [4.69, 9.17) is 9.17 Å². The molecule has 7 rings (SSSR count). The van der Waals surface area contributed by atoms with Crippen LogP contribution in [0.2, 0.25) is 0 Å². The SMILES string of the molecule is CN(C(=O)CCCn1ccnc1)c1ccc(-c2cnc3[nH]c4ccc(OS(=O)(=O)c5cccs5)cc4c3c2-c2ccccc2)cc1. The fourth-order valence-electron chi connectivity index (χ4n) is 5.59. The zero-order chi connectivity index (χ0) is 31.7. The van der Waals surface area contributed by atoms with Crippen LogP contribution in [0.15, 0.2) is 119 Å². The summed E-state index contributed by atoms with van der Waals surface area (Å²) in [6.07, 6.45) is 8.37. The normalized spacial score (nSPS) is 11.7. The predicted octanol–water partition coefficient (Wildman–Crippen LogP) is 7.52. The van der Waals surface area contributed by atoms with Gasteiger partial charge in [-0.15, -0.1) is 11.3 Å². The molecule has 0 fully saturated rings. The maximum absolute atomic E-state index is 12.9. The van der Waals surface area contributed by atoms with E-state index in [9.17, 15) is 13.2 Å². The third-order valence-electron chi connectivity index (χ3n) is 7.91. The summed E-state index contributed by atoms with van der Waals surface area (Å²) in [4.78, 5) is 26.8. The van der Waals surface area contributed by atoms with Crippen LogP contribution >= 0.6 is 11.3 Å². The summed E-state index contributed by atoms with van der Waals surface area (Å²) >= 11 is 1.11. The highest BCUT2D eigenvalue weighted by Gasteiger charge is 2.21. The highest BCUT2D eigenvalue weighted by Crippen LogP contribution is 2.41. The molecular formula is C35H29N5O4S2. The standard InChI is InChI=1S/C35H29N5O4S2/c1-39(31(41)9-5-18-40-19-17-36-23-40)26-13-11-24(12-14-26)29-22-37-35-34(33(29)25-7-3-2-4-8-25)28-21-27(15-16-30(28)38-35)44-46(42,43)32-10-6-20-45-32/h2-4,6-8,10-17,19-23H,5,9,18H2,1H3,(H,37,38). The van der Waals surface area contributed by atoms with Gasteiger partial charge in [-0.1, -0.05) is 48.5 Å². The van der Waals surface area contributed by atoms with Gasteiger partial charge in [0, 0.05) is 71.7 Å². The fourth-order valence-corrected chi connectivity index (χ4v) is 7.46. The third kappa shape index (κ3) is 5.78. The third-order valence-corrected chi connectivity index (χ3v) is 10.5. The predicted molar refractivity (Wildman–Crippen MR) is 181 cm³/mol. The van der Waals surface area contributed by atoms with E-state index in [1.165, 1.54) is 6.07 Å². The van der Waals surface area contributed by atoms with Crippen molar-refractivity contribution < 1.29 is 17.4 Å². The summed E-state index contributed by atoms with van der Waals surface area (Å²) in [6, 6.07) is 26.3. The molecule has 0 unspecified atom stereocenters. The summed E-state index contributed by atoms with van der Waals surface area (Å²) < 4.78 is 33.4. The number of carbonyl (C=O) groups is 1. The molecule has 4 heterocycles. The second kappa shape index (κ2) is 12.3. The van der Waals surface area contributed by atoms with Gasteiger partial charge in [0.15, 0.2) is 4.21 Å². The number of thiophene rings is 1. The molecular weight excluding hydrogens is 619 g/mol. The summed E-state index contributed by atoms with van der Waals surface area (Å²) in [6.45, 7) is 0.738. The van der Waals surface area contributed by atoms with E-state index in [0.29, 0.717) is 12.1 Å². The molecule has 0 radical (unpaired) electrons. The van der Waals surface area contributed by atoms with Crippen molar-refractivity contribution in [2.45, 2.75) is 23.6 Å². The Hall–Kier alpha value is -5.26. The molecule has 4 aromatic heterocycles. The molecule has 0 saturated carbocycles. The average molecular weight is 648 g/mol. The van der Waals surface area contributed by atoms with Gasteiger partial charge in [0.05, 0.1) is 6.33 Å². The molecule has 230 valence electrons. The Balaban J connectivity index is 1.25. The summed E-state index contributed by atoms with van der Waals surface area (Å²) in [5, 5.41) is 3.34. The van der Waals surface area contributed by atoms with Gasteiger partial charge < -0.3 is 18.6 Å². The lowest BCUT2D eigenvalue weighted by Crippen LogP contribution is -2.26. The van der Waals surface area contributed by atoms with Crippen molar-refractivity contribution in [3.05, 3.63) is 115 Å². The lowest BCUT2D eigenvalue weighted by Gasteiger charge is -2.18. The minimum absolute atomic E-state index is 0.0406. The first-order valence-electron chi connectivity index (χ1n) is 14.7. The van der Waals surface area contributed by atoms with E-state index < -0.39 is 10.1 Å². The van der Waals surface area contributed by atoms with Crippen LogP contribution in [0, 0.1) is 0 Å². The number of aromatic nitrogens is 4. The zero-order valence-corrected chi connectivity index (χ0v) is 26.5. The number of nitrogens with one attached hydrogen (secondary N) is 1. The second-order valence-corrected chi connectivity index (χ2v) is 13.6. The van der Waals surface area contributed by atoms with Crippen molar-refractivity contribution >= 4 is 55.0 Å². The number of fused-ring (bicyclic) bond motifs is 3. The quantitative estimate of drug-likeness (QED) is 0.154. The molecule has 0 spiro atoms. The minimum atomic E-state index is -3.96. The van der Waals surface area contributed by atoms with Crippen LogP contribution in [0.5, 0.6) is 5.75 Å². The molecule has 11 heteroatoms. The first-order chi connectivity index (χ1) is 22.4. The maximum atomic E-state index is 12.9. The molecule has 7 aromatic rings. The van der Waals surface area contributed by atoms with Crippen LogP contribution in [0.25, 0.3) is 44.2 Å². The Morgan fingerprint density at radius 3 is 2.57 bits per heavy atom. The summed E-state index contributed by atoms with van der Waals surface area (Å²) in [7, 11) is -2.17. The van der Waals surface area contributed by atoms with Gasteiger partial charge in [0.2, 0.25) is 5.91 Å². The number of pyridine rings is 1. The lowest BCUT2D eigenvalue weighted by molar-refractivity contribution is -0.118. The zero-order valence-electron chi connectivity index (χ0n) is 24.8. The number of imidazole rings is 1. The molecule has 0 saturated heterocycles. The number of anilines is 1. The number of hydrogen-bond donors (Lipinski definition) is 1. The molecule has 1 N–H and O–H groups in total. The molecule has 0 aliphatic rings. The van der Waals surface area contributed by atoms with E-state index >= 15 is 0 Å². The number of H-pyrrole nitrogens is 1. The monoisotopic (exact) mass is 647 g/mol. The maximum Gasteiger partial charge on any atom is 0.348 e. The molecule has 0 aliphatic carbocycles. The largest absolute Gasteiger partial charge is 0.378 e. The molecule has 0 atom stereocenters. The highest BCUT2D eigenvalue weighted by atomic mass is 32.3. The average Bonchev–Trinajstić information content (AvgIpc) is 3.87. The highest BCUT2D eigenvalue weighted by molar-refractivity contribution is 7.89. The molecule has 3 aromatic carbocycles. The van der Waals surface area contributed by atoms with Gasteiger partial charge >= 0.3 is 10.1 Å². The fraction of sp³-hybridized carbons (Fsp3) is 0.114. The van der Waals surface area contributed by atoms with Gasteiger partial charge in [-0.25, -0.2) is 9.97 Å². The smallest absolute Gasteiger partial charge is 0.348 e. The van der Waals surface area contributed by atoms with Crippen molar-refractivity contribution in [2.75, 3.05) is 11.9 Å². The number of nitrogens with zero attached hydrogens (tertiary/aromatic N) is 4. The molecule has 9 nitrogen and oxygen atoms in total. The van der Waals surface area contributed by atoms with E-state index in [0.717, 1.165) is 68.5 Å². The van der Waals surface area contributed by atoms with Gasteiger partial charge in [-0.05, 0) is 59.3 Å². The number of aryl methyl sites for hydroxylation is 1. The molecule has 0 aliphatic heterocycles. The van der Waals surface area contributed by atoms with Gasteiger partial charge in [-0.2, -0.15) is 8.42 Å². The number of carbonyl (C=O) groups excluding carboxylic acids is 1. The van der Waals surface area contributed by atoms with Gasteiger partial charge in [0.25, 0.3) is 0 Å². The first kappa shape index (κ1) is 29.5. The first-order valence-corrected chi connectivity index (χ1v) is 17.0. The summed E-state index contributed by atoms with van der Waals surface area (Å²) in [5.74, 6) is 0.257. The van der Waals surface area contributed by atoms with Gasteiger partial charge in [0.1, 0.15) is 11.4 Å². The minimum Gasteiger partial charge on any atom is -0.378 e. The molecule has 0 bridgehead atoms. The van der Waals surface area contributed by atoms with Crippen LogP contribution in [-0.4, -0.2) is 40.9 Å². The van der Waals surface area contributed by atoms with Crippen molar-refractivity contribution in [2.24, 2.45) is 0 Å². The Kier molecular flexibility index (Phi) is 7.85. The Morgan fingerprint density at radius 2 is 1.83 bits per heavy atom. The van der Waals surface area contributed by atoms with Crippen molar-refractivity contribution in [3.63, 3.8) is 0 Å². The Labute approximate surface area is 269 Å². The van der Waals surface area contributed by atoms with Gasteiger partial charge in [-0.3, -0.25) is 4.79 Å². The second-order valence-electron chi connectivity index (χ2n) is 10.8. The van der Waals surface area contributed by atoms with Crippen LogP contribution in [0.3, 0.4) is 0 Å². The molecule has 1 amide bonds. The van der Waals surface area contributed by atoms with Crippen LogP contribution in [-0.2, 0) is 21.5 Å². The van der Waals surface area contributed by atoms with E-state index in [-0.39, 0.29) is 15.9 Å². The number of benzene rings is 3. The van der Waals surface area contributed by atoms with Crippen LogP contribution in [0.1, 0.15) is 12.8 Å². The van der Waals surface area contributed by atoms with Crippen molar-refractivity contribution in [3.8, 4) is 28.0 Å². The van der Waals surface area contributed by atoms with E-state index in [2.05, 4.69) is 9.97 Å². The van der Waals surface area contributed by atoms with Crippen LogP contribution in [0.4, 0.5) is 5.69 Å². The van der Waals surface area contributed by atoms with E-state index in [1.54, 1.807) is 48.1 Å². The topological polar surface area (TPSA) is 110 Å². The summed E-state index contributed by atoms with van der Waals surface area (Å²) in [5.41, 5.74) is 6.05.